The average Bonchev–Trinajstić information content (AvgIpc) is 2.46. The van der Waals surface area contributed by atoms with Crippen molar-refractivity contribution in [3.8, 4) is 0 Å². The highest BCUT2D eigenvalue weighted by molar-refractivity contribution is 6.84. The fraction of sp³-hybridized carbons (Fsp3) is 0.550. The van der Waals surface area contributed by atoms with Crippen molar-refractivity contribution in [1.29, 1.82) is 0 Å². The van der Waals surface area contributed by atoms with Crippen molar-refractivity contribution in [2.45, 2.75) is 65.0 Å². The first-order valence-electron chi connectivity index (χ1n) is 8.51. The van der Waals surface area contributed by atoms with E-state index in [0.717, 1.165) is 5.56 Å². The van der Waals surface area contributed by atoms with E-state index in [9.17, 15) is 4.79 Å². The number of ether oxygens (including phenoxy) is 2. The van der Waals surface area contributed by atoms with Gasteiger partial charge in [-0.1, -0.05) is 63.7 Å². The first-order valence-corrected chi connectivity index (χ1v) is 11.2. The summed E-state index contributed by atoms with van der Waals surface area (Å²) in [6, 6.07) is 10.2. The Balaban J connectivity index is 3.05. The minimum atomic E-state index is -2.19. The smallest absolute Gasteiger partial charge is 0.303 e. The third-order valence-corrected chi connectivity index (χ3v) is 11.6. The third kappa shape index (κ3) is 4.80. The lowest BCUT2D eigenvalue weighted by molar-refractivity contribution is -0.146. The first kappa shape index (κ1) is 20.7. The molecule has 3 nitrogen and oxygen atoms in total. The predicted molar refractivity (Wildman–Crippen MR) is 102 cm³/mol. The summed E-state index contributed by atoms with van der Waals surface area (Å²) < 4.78 is 12.0. The van der Waals surface area contributed by atoms with Crippen LogP contribution < -0.4 is 0 Å². The highest BCUT2D eigenvalue weighted by Gasteiger charge is 2.55. The molecular formula is C20H32O3Si. The molecule has 0 aliphatic rings. The molecule has 0 bridgehead atoms. The molecule has 0 aliphatic carbocycles. The van der Waals surface area contributed by atoms with E-state index in [1.807, 2.05) is 44.2 Å². The van der Waals surface area contributed by atoms with Crippen LogP contribution in [0.1, 0.15) is 47.1 Å². The molecule has 0 saturated heterocycles. The van der Waals surface area contributed by atoms with Crippen LogP contribution in [0.15, 0.2) is 42.5 Å². The van der Waals surface area contributed by atoms with Gasteiger partial charge in [-0.2, -0.15) is 0 Å². The van der Waals surface area contributed by atoms with E-state index in [1.54, 1.807) is 0 Å². The lowest BCUT2D eigenvalue weighted by Crippen LogP contribution is -2.64. The summed E-state index contributed by atoms with van der Waals surface area (Å²) in [7, 11) is -2.19. The Morgan fingerprint density at radius 1 is 1.17 bits per heavy atom. The number of hydrogen-bond acceptors (Lipinski definition) is 3. The second kappa shape index (κ2) is 8.12. The van der Waals surface area contributed by atoms with Gasteiger partial charge >= 0.3 is 5.97 Å². The van der Waals surface area contributed by atoms with Gasteiger partial charge in [-0.15, -0.1) is 0 Å². The number of carbonyl (C=O) groups is 1. The molecule has 1 aromatic rings. The van der Waals surface area contributed by atoms with Crippen LogP contribution in [-0.2, 0) is 20.9 Å². The van der Waals surface area contributed by atoms with Crippen LogP contribution in [0.2, 0.25) is 11.6 Å². The van der Waals surface area contributed by atoms with Gasteiger partial charge in [0.25, 0.3) is 0 Å². The maximum atomic E-state index is 11.7. The molecule has 1 aromatic carbocycles. The Labute approximate surface area is 148 Å². The Morgan fingerprint density at radius 2 is 1.75 bits per heavy atom. The van der Waals surface area contributed by atoms with E-state index in [-0.39, 0.29) is 11.0 Å². The van der Waals surface area contributed by atoms with Crippen LogP contribution in [0.3, 0.4) is 0 Å². The molecule has 0 aromatic heterocycles. The van der Waals surface area contributed by atoms with E-state index in [4.69, 9.17) is 9.47 Å². The summed E-state index contributed by atoms with van der Waals surface area (Å²) in [6.45, 7) is 15.0. The highest BCUT2D eigenvalue weighted by Crippen LogP contribution is 2.45. The molecule has 2 atom stereocenters. The van der Waals surface area contributed by atoms with Crippen LogP contribution in [0.4, 0.5) is 0 Å². The van der Waals surface area contributed by atoms with E-state index in [0.29, 0.717) is 12.8 Å². The van der Waals surface area contributed by atoms with Gasteiger partial charge in [-0.3, -0.25) is 4.79 Å². The molecule has 134 valence electrons. The SMILES string of the molecule is C/C=C/[C@@](C)(OC(C)=O)[Si@@](C)(COCc1ccccc1)C(C)(C)C. The van der Waals surface area contributed by atoms with Crippen LogP contribution >= 0.6 is 0 Å². The normalized spacial score (nSPS) is 17.3. The summed E-state index contributed by atoms with van der Waals surface area (Å²) in [6.07, 6.45) is 4.62. The second-order valence-corrected chi connectivity index (χ2v) is 13.2. The van der Waals surface area contributed by atoms with Crippen molar-refractivity contribution in [2.24, 2.45) is 0 Å². The standard InChI is InChI=1S/C20H32O3Si/c1-8-14-20(6,23-17(2)21)24(7,19(3,4)5)16-22-15-18-12-10-9-11-13-18/h8-14H,15-16H2,1-7H3/b14-8+/t20-,24-/m0/s1. The molecule has 0 N–H and O–H groups in total. The average molecular weight is 349 g/mol. The van der Waals surface area contributed by atoms with E-state index >= 15 is 0 Å². The molecule has 4 heteroatoms. The highest BCUT2D eigenvalue weighted by atomic mass is 28.3. The maximum Gasteiger partial charge on any atom is 0.303 e. The van der Waals surface area contributed by atoms with Gasteiger partial charge in [-0.05, 0) is 30.5 Å². The molecule has 0 heterocycles. The molecule has 24 heavy (non-hydrogen) atoms. The van der Waals surface area contributed by atoms with Crippen molar-refractivity contribution in [3.05, 3.63) is 48.0 Å². The number of esters is 1. The van der Waals surface area contributed by atoms with E-state index in [1.165, 1.54) is 6.92 Å². The van der Waals surface area contributed by atoms with Crippen molar-refractivity contribution in [1.82, 2.24) is 0 Å². The summed E-state index contributed by atoms with van der Waals surface area (Å²) in [5.74, 6) is -0.248. The number of allylic oxidation sites excluding steroid dienone is 1. The van der Waals surface area contributed by atoms with Gasteiger partial charge in [0.2, 0.25) is 0 Å². The number of hydrogen-bond donors (Lipinski definition) is 0. The Bertz CT molecular complexity index is 562. The van der Waals surface area contributed by atoms with Crippen molar-refractivity contribution in [2.75, 3.05) is 6.23 Å². The zero-order valence-electron chi connectivity index (χ0n) is 16.2. The molecule has 0 saturated carbocycles. The third-order valence-electron chi connectivity index (χ3n) is 5.09. The van der Waals surface area contributed by atoms with Crippen LogP contribution in [0.5, 0.6) is 0 Å². The predicted octanol–water partition coefficient (Wildman–Crippen LogP) is 5.06. The summed E-state index contributed by atoms with van der Waals surface area (Å²) in [4.78, 5) is 11.7. The zero-order valence-corrected chi connectivity index (χ0v) is 17.2. The topological polar surface area (TPSA) is 35.5 Å². The van der Waals surface area contributed by atoms with E-state index < -0.39 is 13.3 Å². The largest absolute Gasteiger partial charge is 0.459 e. The molecular weight excluding hydrogens is 316 g/mol. The first-order chi connectivity index (χ1) is 11.1. The van der Waals surface area contributed by atoms with Gasteiger partial charge in [0, 0.05) is 13.2 Å². The van der Waals surface area contributed by atoms with Crippen molar-refractivity contribution >= 4 is 14.0 Å². The van der Waals surface area contributed by atoms with Crippen LogP contribution in [0, 0.1) is 0 Å². The van der Waals surface area contributed by atoms with Crippen molar-refractivity contribution < 1.29 is 14.3 Å². The van der Waals surface area contributed by atoms with Gasteiger partial charge in [0.1, 0.15) is 13.3 Å². The summed E-state index contributed by atoms with van der Waals surface area (Å²) >= 11 is 0. The van der Waals surface area contributed by atoms with Crippen molar-refractivity contribution in [3.63, 3.8) is 0 Å². The van der Waals surface area contributed by atoms with Gasteiger partial charge in [0.05, 0.1) is 6.61 Å². The fourth-order valence-electron chi connectivity index (χ4n) is 3.00. The summed E-state index contributed by atoms with van der Waals surface area (Å²) in [5.41, 5.74) is 1.16. The molecule has 1 rings (SSSR count). The van der Waals surface area contributed by atoms with E-state index in [2.05, 4.69) is 39.5 Å². The molecule has 0 amide bonds. The fourth-order valence-corrected chi connectivity index (χ4v) is 6.62. The monoisotopic (exact) mass is 348 g/mol. The Hall–Kier alpha value is -1.39. The summed E-state index contributed by atoms with van der Waals surface area (Å²) in [5, 5.41) is -0.601. The Morgan fingerprint density at radius 3 is 2.21 bits per heavy atom. The lowest BCUT2D eigenvalue weighted by atomic mass is 10.2. The molecule has 0 fully saturated rings. The second-order valence-electron chi connectivity index (χ2n) is 7.76. The minimum absolute atomic E-state index is 0.00734. The number of carbonyl (C=O) groups excluding carboxylic acids is 1. The minimum Gasteiger partial charge on any atom is -0.459 e. The number of rotatable bonds is 7. The van der Waals surface area contributed by atoms with Crippen LogP contribution in [0.25, 0.3) is 0 Å². The van der Waals surface area contributed by atoms with Gasteiger partial charge in [0.15, 0.2) is 0 Å². The maximum absolute atomic E-state index is 11.7. The molecule has 0 aliphatic heterocycles. The molecule has 0 radical (unpaired) electrons. The van der Waals surface area contributed by atoms with Crippen LogP contribution in [-0.4, -0.2) is 25.5 Å². The Kier molecular flexibility index (Phi) is 6.99. The molecule has 0 unspecified atom stereocenters. The quantitative estimate of drug-likeness (QED) is 0.392. The lowest BCUT2D eigenvalue weighted by Gasteiger charge is -2.49. The number of benzene rings is 1. The van der Waals surface area contributed by atoms with Gasteiger partial charge in [-0.25, -0.2) is 0 Å². The van der Waals surface area contributed by atoms with Gasteiger partial charge < -0.3 is 9.47 Å². The molecule has 0 spiro atoms. The zero-order chi connectivity index (χ0) is 18.4.